The van der Waals surface area contributed by atoms with Crippen LogP contribution in [0.4, 0.5) is 0 Å². The van der Waals surface area contributed by atoms with Crippen molar-refractivity contribution in [3.05, 3.63) is 109 Å². The van der Waals surface area contributed by atoms with Crippen LogP contribution in [0.1, 0.15) is 5.56 Å². The van der Waals surface area contributed by atoms with Gasteiger partial charge in [-0.15, -0.1) is 9.20 Å². The third-order valence-electron chi connectivity index (χ3n) is 6.34. The normalized spacial score (nSPS) is 11.5. The molecule has 0 atom stereocenters. The van der Waals surface area contributed by atoms with Crippen LogP contribution in [0.3, 0.4) is 0 Å². The van der Waals surface area contributed by atoms with Gasteiger partial charge in [0, 0.05) is 16.3 Å². The number of nitrogens with zero attached hydrogens (tertiary/aromatic N) is 2. The molecule has 0 spiro atoms. The van der Waals surface area contributed by atoms with Gasteiger partial charge in [0.15, 0.2) is 7.05 Å². The fraction of sp³-hybridized carbons (Fsp3) is 0.0690. The number of aromatic nitrogens is 2. The van der Waals surface area contributed by atoms with E-state index in [2.05, 4.69) is 126 Å². The minimum Gasteiger partial charge on any atom is -0.119 e. The summed E-state index contributed by atoms with van der Waals surface area (Å²) in [6, 6.07) is 36.9. The molecular formula is C29H23N2+. The lowest BCUT2D eigenvalue weighted by atomic mass is 9.96. The van der Waals surface area contributed by atoms with Gasteiger partial charge in [-0.25, -0.2) is 0 Å². The Hall–Kier alpha value is -3.91. The molecule has 2 heterocycles. The van der Waals surface area contributed by atoms with Gasteiger partial charge in [-0.05, 0) is 35.6 Å². The maximum absolute atomic E-state index is 2.41. The molecule has 0 aliphatic carbocycles. The van der Waals surface area contributed by atoms with Crippen LogP contribution in [-0.2, 0) is 7.05 Å². The van der Waals surface area contributed by atoms with Crippen LogP contribution in [0.15, 0.2) is 103 Å². The number of fused-ring (bicyclic) bond motifs is 6. The maximum atomic E-state index is 2.41. The van der Waals surface area contributed by atoms with Gasteiger partial charge < -0.3 is 0 Å². The van der Waals surface area contributed by atoms with Crippen molar-refractivity contribution in [2.75, 3.05) is 0 Å². The van der Waals surface area contributed by atoms with Crippen LogP contribution >= 0.6 is 0 Å². The number of aryl methyl sites for hydroxylation is 2. The summed E-state index contributed by atoms with van der Waals surface area (Å²) in [6.07, 6.45) is 0. The molecule has 0 radical (unpaired) electrons. The summed E-state index contributed by atoms with van der Waals surface area (Å²) in [6.45, 7) is 2.21. The fourth-order valence-electron chi connectivity index (χ4n) is 5.03. The Morgan fingerprint density at radius 3 is 1.81 bits per heavy atom. The zero-order valence-corrected chi connectivity index (χ0v) is 17.7. The molecule has 0 N–H and O–H groups in total. The molecule has 2 nitrogen and oxygen atoms in total. The van der Waals surface area contributed by atoms with Gasteiger partial charge in [-0.3, -0.25) is 0 Å². The first-order valence-electron chi connectivity index (χ1n) is 10.7. The second kappa shape index (κ2) is 6.82. The highest BCUT2D eigenvalue weighted by molar-refractivity contribution is 6.16. The molecular weight excluding hydrogens is 376 g/mol. The fourth-order valence-corrected chi connectivity index (χ4v) is 5.03. The predicted octanol–water partition coefficient (Wildman–Crippen LogP) is 6.71. The van der Waals surface area contributed by atoms with E-state index in [0.717, 1.165) is 0 Å². The second-order valence-electron chi connectivity index (χ2n) is 8.16. The molecule has 0 unspecified atom stereocenters. The standard InChI is InChI=1S/C29H23N2/c1-20-12-11-19-24-23-17-9-10-18-25(23)29-26(21-13-5-3-6-14-21)28(22-15-7-4-8-16-22)30(2)31(29)27(20)24/h3-19H,1-2H3/q+1. The van der Waals surface area contributed by atoms with Gasteiger partial charge in [0.25, 0.3) is 0 Å². The molecule has 0 saturated carbocycles. The van der Waals surface area contributed by atoms with Gasteiger partial charge in [0.05, 0.1) is 5.56 Å². The highest BCUT2D eigenvalue weighted by atomic mass is 15.4. The highest BCUT2D eigenvalue weighted by Gasteiger charge is 2.29. The zero-order valence-electron chi connectivity index (χ0n) is 17.7. The Balaban J connectivity index is 1.96. The summed E-state index contributed by atoms with van der Waals surface area (Å²) >= 11 is 0. The van der Waals surface area contributed by atoms with E-state index in [-0.39, 0.29) is 0 Å². The topological polar surface area (TPSA) is 8.29 Å². The van der Waals surface area contributed by atoms with E-state index < -0.39 is 0 Å². The van der Waals surface area contributed by atoms with E-state index in [1.54, 1.807) is 0 Å². The highest BCUT2D eigenvalue weighted by Crippen LogP contribution is 2.40. The van der Waals surface area contributed by atoms with Crippen molar-refractivity contribution in [2.45, 2.75) is 6.92 Å². The van der Waals surface area contributed by atoms with Crippen LogP contribution in [0.25, 0.3) is 49.6 Å². The van der Waals surface area contributed by atoms with E-state index in [0.29, 0.717) is 0 Å². The number of benzene rings is 4. The lowest BCUT2D eigenvalue weighted by Gasteiger charge is -2.09. The average molecular weight is 400 g/mol. The molecule has 6 rings (SSSR count). The van der Waals surface area contributed by atoms with Crippen molar-refractivity contribution >= 4 is 27.2 Å². The Kier molecular flexibility index (Phi) is 3.94. The van der Waals surface area contributed by atoms with E-state index >= 15 is 0 Å². The van der Waals surface area contributed by atoms with Gasteiger partial charge in [0.2, 0.25) is 5.69 Å². The predicted molar refractivity (Wildman–Crippen MR) is 129 cm³/mol. The van der Waals surface area contributed by atoms with E-state index in [4.69, 9.17) is 0 Å². The molecule has 0 fully saturated rings. The van der Waals surface area contributed by atoms with Crippen molar-refractivity contribution in [3.8, 4) is 22.4 Å². The van der Waals surface area contributed by atoms with E-state index in [1.807, 2.05) is 0 Å². The molecule has 0 saturated heterocycles. The van der Waals surface area contributed by atoms with E-state index in [9.17, 15) is 0 Å². The molecule has 2 aromatic heterocycles. The second-order valence-corrected chi connectivity index (χ2v) is 8.16. The summed E-state index contributed by atoms with van der Waals surface area (Å²) < 4.78 is 4.74. The quantitative estimate of drug-likeness (QED) is 0.226. The molecule has 4 aromatic carbocycles. The Morgan fingerprint density at radius 2 is 1.10 bits per heavy atom. The number of hydrogen-bond donors (Lipinski definition) is 0. The van der Waals surface area contributed by atoms with Crippen LogP contribution in [0, 0.1) is 6.92 Å². The minimum absolute atomic E-state index is 1.22. The number of hydrogen-bond acceptors (Lipinski definition) is 0. The Labute approximate surface area is 181 Å². The Morgan fingerprint density at radius 1 is 0.548 bits per heavy atom. The molecule has 6 aromatic rings. The molecule has 148 valence electrons. The van der Waals surface area contributed by atoms with Crippen molar-refractivity contribution < 1.29 is 4.68 Å². The molecule has 2 heteroatoms. The van der Waals surface area contributed by atoms with Crippen molar-refractivity contribution in [1.82, 2.24) is 4.52 Å². The molecule has 0 bridgehead atoms. The van der Waals surface area contributed by atoms with Crippen LogP contribution in [0.2, 0.25) is 0 Å². The van der Waals surface area contributed by atoms with Crippen LogP contribution in [0.5, 0.6) is 0 Å². The average Bonchev–Trinajstić information content (AvgIpc) is 3.13. The largest absolute Gasteiger partial charge is 0.247 e. The van der Waals surface area contributed by atoms with Crippen LogP contribution < -0.4 is 4.68 Å². The van der Waals surface area contributed by atoms with Crippen molar-refractivity contribution in [1.29, 1.82) is 0 Å². The molecule has 31 heavy (non-hydrogen) atoms. The summed E-state index contributed by atoms with van der Waals surface area (Å²) in [5.41, 5.74) is 8.75. The molecule has 0 amide bonds. The van der Waals surface area contributed by atoms with Gasteiger partial charge in [0.1, 0.15) is 11.0 Å². The summed E-state index contributed by atoms with van der Waals surface area (Å²) in [7, 11) is 2.18. The zero-order chi connectivity index (χ0) is 20.9. The number of rotatable bonds is 2. The Bertz CT molecular complexity index is 1580. The van der Waals surface area contributed by atoms with Crippen molar-refractivity contribution in [3.63, 3.8) is 0 Å². The lowest BCUT2D eigenvalue weighted by molar-refractivity contribution is -0.724. The lowest BCUT2D eigenvalue weighted by Crippen LogP contribution is -2.37. The first-order valence-corrected chi connectivity index (χ1v) is 10.7. The monoisotopic (exact) mass is 399 g/mol. The summed E-state index contributed by atoms with van der Waals surface area (Å²) in [5.74, 6) is 0. The summed E-state index contributed by atoms with van der Waals surface area (Å²) in [4.78, 5) is 0. The number of pyridine rings is 1. The maximum Gasteiger partial charge on any atom is 0.247 e. The van der Waals surface area contributed by atoms with Gasteiger partial charge >= 0.3 is 0 Å². The van der Waals surface area contributed by atoms with E-state index in [1.165, 1.54) is 55.1 Å². The molecule has 0 aliphatic rings. The van der Waals surface area contributed by atoms with Gasteiger partial charge in [-0.1, -0.05) is 91.0 Å². The SMILES string of the molecule is Cc1cccc2c3ccccc3c3c(-c4ccccc4)c(-c4ccccc4)[n+](C)n3c12. The first kappa shape index (κ1) is 17.9. The number of para-hydroxylation sites is 1. The summed E-state index contributed by atoms with van der Waals surface area (Å²) in [5, 5.41) is 3.86. The first-order chi connectivity index (χ1) is 15.3. The third-order valence-corrected chi connectivity index (χ3v) is 6.34. The van der Waals surface area contributed by atoms with Crippen molar-refractivity contribution in [2.24, 2.45) is 7.05 Å². The van der Waals surface area contributed by atoms with Gasteiger partial charge in [-0.2, -0.15) is 0 Å². The minimum atomic E-state index is 1.22. The van der Waals surface area contributed by atoms with Crippen LogP contribution in [-0.4, -0.2) is 4.52 Å². The molecule has 0 aliphatic heterocycles. The third kappa shape index (κ3) is 2.55. The smallest absolute Gasteiger partial charge is 0.119 e.